The van der Waals surface area contributed by atoms with Crippen molar-refractivity contribution in [1.82, 2.24) is 15.2 Å². The van der Waals surface area contributed by atoms with Crippen LogP contribution in [0.2, 0.25) is 5.02 Å². The Kier molecular flexibility index (Phi) is 5.26. The van der Waals surface area contributed by atoms with Crippen LogP contribution in [0, 0.1) is 0 Å². The molecule has 1 atom stereocenters. The Labute approximate surface area is 151 Å². The molecule has 130 valence electrons. The number of para-hydroxylation sites is 1. The summed E-state index contributed by atoms with van der Waals surface area (Å²) in [6.07, 6.45) is 1.12. The SMILES string of the molecule is Cn1cc(C(O)CNC(=O)NCc2ccc(Cl)cc2)c2ccccc21. The number of carbonyl (C=O) groups excluding carboxylic acids is 1. The first-order valence-corrected chi connectivity index (χ1v) is 8.40. The maximum atomic E-state index is 11.9. The van der Waals surface area contributed by atoms with Gasteiger partial charge in [0.15, 0.2) is 0 Å². The molecule has 5 nitrogen and oxygen atoms in total. The number of nitrogens with zero attached hydrogens (tertiary/aromatic N) is 1. The van der Waals surface area contributed by atoms with E-state index in [0.29, 0.717) is 11.6 Å². The van der Waals surface area contributed by atoms with Crippen molar-refractivity contribution in [2.24, 2.45) is 7.05 Å². The smallest absolute Gasteiger partial charge is 0.315 e. The van der Waals surface area contributed by atoms with Gasteiger partial charge in [-0.05, 0) is 23.8 Å². The van der Waals surface area contributed by atoms with E-state index < -0.39 is 6.10 Å². The molecule has 6 heteroatoms. The van der Waals surface area contributed by atoms with Crippen molar-refractivity contribution in [3.8, 4) is 0 Å². The zero-order chi connectivity index (χ0) is 17.8. The Balaban J connectivity index is 1.55. The lowest BCUT2D eigenvalue weighted by molar-refractivity contribution is 0.174. The minimum absolute atomic E-state index is 0.139. The summed E-state index contributed by atoms with van der Waals surface area (Å²) >= 11 is 5.83. The number of hydrogen-bond donors (Lipinski definition) is 3. The fourth-order valence-corrected chi connectivity index (χ4v) is 2.91. The van der Waals surface area contributed by atoms with E-state index in [-0.39, 0.29) is 12.6 Å². The van der Waals surface area contributed by atoms with Crippen molar-refractivity contribution < 1.29 is 9.90 Å². The van der Waals surface area contributed by atoms with Gasteiger partial charge in [-0.3, -0.25) is 0 Å². The Morgan fingerprint density at radius 3 is 2.64 bits per heavy atom. The number of aryl methyl sites for hydroxylation is 1. The van der Waals surface area contributed by atoms with Gasteiger partial charge in [-0.1, -0.05) is 41.9 Å². The van der Waals surface area contributed by atoms with Gasteiger partial charge in [-0.25, -0.2) is 4.79 Å². The normalized spacial score (nSPS) is 12.1. The third-order valence-corrected chi connectivity index (χ3v) is 4.36. The molecule has 0 bridgehead atoms. The number of aliphatic hydroxyl groups is 1. The van der Waals surface area contributed by atoms with Crippen molar-refractivity contribution in [3.05, 3.63) is 70.9 Å². The molecule has 1 unspecified atom stereocenters. The standard InChI is InChI=1S/C19H20ClN3O2/c1-23-12-16(15-4-2-3-5-17(15)23)18(24)11-22-19(25)21-10-13-6-8-14(20)9-7-13/h2-9,12,18,24H,10-11H2,1H3,(H2,21,22,25). The summed E-state index contributed by atoms with van der Waals surface area (Å²) in [4.78, 5) is 11.9. The van der Waals surface area contributed by atoms with Crippen molar-refractivity contribution in [3.63, 3.8) is 0 Å². The van der Waals surface area contributed by atoms with Crippen LogP contribution in [0.25, 0.3) is 10.9 Å². The Hall–Kier alpha value is -2.50. The van der Waals surface area contributed by atoms with E-state index in [2.05, 4.69) is 10.6 Å². The average molecular weight is 358 g/mol. The van der Waals surface area contributed by atoms with E-state index >= 15 is 0 Å². The number of nitrogens with one attached hydrogen (secondary N) is 2. The van der Waals surface area contributed by atoms with E-state index in [4.69, 9.17) is 11.6 Å². The zero-order valence-electron chi connectivity index (χ0n) is 13.9. The molecule has 3 N–H and O–H groups in total. The molecule has 0 spiro atoms. The fourth-order valence-electron chi connectivity index (χ4n) is 2.78. The minimum Gasteiger partial charge on any atom is -0.386 e. The van der Waals surface area contributed by atoms with E-state index in [1.165, 1.54) is 0 Å². The number of benzene rings is 2. The molecule has 2 amide bonds. The molecule has 0 aliphatic rings. The van der Waals surface area contributed by atoms with Crippen LogP contribution in [-0.4, -0.2) is 22.2 Å². The third-order valence-electron chi connectivity index (χ3n) is 4.11. The first-order chi connectivity index (χ1) is 12.0. The highest BCUT2D eigenvalue weighted by atomic mass is 35.5. The Morgan fingerprint density at radius 1 is 1.16 bits per heavy atom. The van der Waals surface area contributed by atoms with Crippen LogP contribution in [0.4, 0.5) is 4.79 Å². The van der Waals surface area contributed by atoms with Crippen molar-refractivity contribution >= 4 is 28.5 Å². The maximum absolute atomic E-state index is 11.9. The number of carbonyl (C=O) groups is 1. The molecule has 0 fully saturated rings. The number of urea groups is 1. The van der Waals surface area contributed by atoms with Crippen LogP contribution >= 0.6 is 11.6 Å². The fraction of sp³-hybridized carbons (Fsp3) is 0.211. The predicted molar refractivity (Wildman–Crippen MR) is 99.6 cm³/mol. The van der Waals surface area contributed by atoms with Crippen LogP contribution in [-0.2, 0) is 13.6 Å². The number of amides is 2. The number of fused-ring (bicyclic) bond motifs is 1. The molecular weight excluding hydrogens is 338 g/mol. The van der Waals surface area contributed by atoms with Crippen LogP contribution < -0.4 is 10.6 Å². The van der Waals surface area contributed by atoms with Crippen LogP contribution in [0.3, 0.4) is 0 Å². The van der Waals surface area contributed by atoms with Gasteiger partial charge >= 0.3 is 6.03 Å². The van der Waals surface area contributed by atoms with Crippen LogP contribution in [0.1, 0.15) is 17.2 Å². The Morgan fingerprint density at radius 2 is 1.88 bits per heavy atom. The molecule has 3 rings (SSSR count). The third kappa shape index (κ3) is 4.13. The minimum atomic E-state index is -0.771. The van der Waals surface area contributed by atoms with Crippen LogP contribution in [0.5, 0.6) is 0 Å². The summed E-state index contributed by atoms with van der Waals surface area (Å²) in [5.74, 6) is 0. The molecule has 0 aliphatic heterocycles. The van der Waals surface area contributed by atoms with Gasteiger partial charge in [-0.15, -0.1) is 0 Å². The van der Waals surface area contributed by atoms with E-state index in [1.807, 2.05) is 54.2 Å². The highest BCUT2D eigenvalue weighted by Gasteiger charge is 2.15. The Bertz CT molecular complexity index is 874. The number of aliphatic hydroxyl groups excluding tert-OH is 1. The lowest BCUT2D eigenvalue weighted by Gasteiger charge is -2.12. The first kappa shape index (κ1) is 17.3. The molecule has 0 aliphatic carbocycles. The molecule has 2 aromatic carbocycles. The second-order valence-electron chi connectivity index (χ2n) is 5.92. The summed E-state index contributed by atoms with van der Waals surface area (Å²) < 4.78 is 1.97. The van der Waals surface area contributed by atoms with Gasteiger partial charge in [-0.2, -0.15) is 0 Å². The molecule has 3 aromatic rings. The van der Waals surface area contributed by atoms with E-state index in [1.54, 1.807) is 12.1 Å². The number of halogens is 1. The first-order valence-electron chi connectivity index (χ1n) is 8.03. The number of aromatic nitrogens is 1. The molecule has 1 heterocycles. The molecule has 0 saturated heterocycles. The van der Waals surface area contributed by atoms with Crippen LogP contribution in [0.15, 0.2) is 54.7 Å². The second-order valence-corrected chi connectivity index (χ2v) is 6.35. The molecule has 1 aromatic heterocycles. The summed E-state index contributed by atoms with van der Waals surface area (Å²) in [5, 5.41) is 17.5. The summed E-state index contributed by atoms with van der Waals surface area (Å²) in [6.45, 7) is 0.536. The van der Waals surface area contributed by atoms with Gasteiger partial charge in [0.2, 0.25) is 0 Å². The lowest BCUT2D eigenvalue weighted by Crippen LogP contribution is -2.37. The van der Waals surface area contributed by atoms with Gasteiger partial charge in [0.1, 0.15) is 0 Å². The topological polar surface area (TPSA) is 66.3 Å². The summed E-state index contributed by atoms with van der Waals surface area (Å²) in [5.41, 5.74) is 2.80. The van der Waals surface area contributed by atoms with Gasteiger partial charge in [0.05, 0.1) is 6.10 Å². The highest BCUT2D eigenvalue weighted by molar-refractivity contribution is 6.30. The van der Waals surface area contributed by atoms with Crippen molar-refractivity contribution in [1.29, 1.82) is 0 Å². The quantitative estimate of drug-likeness (QED) is 0.655. The van der Waals surface area contributed by atoms with Crippen molar-refractivity contribution in [2.45, 2.75) is 12.6 Å². The zero-order valence-corrected chi connectivity index (χ0v) is 14.6. The number of rotatable bonds is 5. The number of hydrogen-bond acceptors (Lipinski definition) is 2. The van der Waals surface area contributed by atoms with Gasteiger partial charge in [0, 0.05) is 47.8 Å². The van der Waals surface area contributed by atoms with E-state index in [0.717, 1.165) is 22.0 Å². The molecular formula is C19H20ClN3O2. The largest absolute Gasteiger partial charge is 0.386 e. The summed E-state index contributed by atoms with van der Waals surface area (Å²) in [7, 11) is 1.94. The van der Waals surface area contributed by atoms with Gasteiger partial charge in [0.25, 0.3) is 0 Å². The van der Waals surface area contributed by atoms with Gasteiger partial charge < -0.3 is 20.3 Å². The van der Waals surface area contributed by atoms with Crippen molar-refractivity contribution in [2.75, 3.05) is 6.54 Å². The maximum Gasteiger partial charge on any atom is 0.315 e. The molecule has 25 heavy (non-hydrogen) atoms. The predicted octanol–water partition coefficient (Wildman–Crippen LogP) is 3.36. The second kappa shape index (κ2) is 7.59. The highest BCUT2D eigenvalue weighted by Crippen LogP contribution is 2.25. The van der Waals surface area contributed by atoms with E-state index in [9.17, 15) is 9.90 Å². The summed E-state index contributed by atoms with van der Waals surface area (Å²) in [6, 6.07) is 14.8. The average Bonchev–Trinajstić information content (AvgIpc) is 2.96. The lowest BCUT2D eigenvalue weighted by atomic mass is 10.1. The molecule has 0 saturated carbocycles. The molecule has 0 radical (unpaired) electrons. The monoisotopic (exact) mass is 357 g/mol.